The van der Waals surface area contributed by atoms with E-state index in [1.165, 1.54) is 135 Å². The van der Waals surface area contributed by atoms with E-state index in [0.29, 0.717) is 12.8 Å². The highest BCUT2D eigenvalue weighted by Crippen LogP contribution is 2.39. The van der Waals surface area contributed by atoms with Gasteiger partial charge in [-0.15, -0.1) is 0 Å². The number of unbranched alkanes of at least 4 members (excludes halogenated alkanes) is 28. The summed E-state index contributed by atoms with van der Waals surface area (Å²) in [5.41, 5.74) is 0. The van der Waals surface area contributed by atoms with Gasteiger partial charge in [0.05, 0.1) is 57.9 Å². The van der Waals surface area contributed by atoms with Gasteiger partial charge in [-0.1, -0.05) is 192 Å². The molecule has 6 aliphatic rings. The molecule has 0 spiro atoms. The standard InChI is InChI=1S/C82H147N3O32/c1-6-8-10-12-14-16-18-20-21-22-23-24-25-26-27-29-31-33-35-37-39-41-58(94)85-51(52(93)40-38-36-34-32-30-28-19-17-15-13-11-9-7-2)47-106-79-70(104)68(102)73(57(46-90)112-79)113-81-71(105)74(63(97)54(43-87)109-81)115-78-60(84-50(5)92)66(100)72(56(45-89)111-78)114-82-76(117-80-69(103)67(101)61(95)48(3)107-80)75(64(98)55(44-88)110-82)116-77-59(83-49(4)91)65(99)62(96)53(42-86)108-77/h20-21,38,40,48,51-57,59-82,86-90,93,95-105H,6-19,22-37,39,41-47H2,1-5H3,(H,83,91)(H,84,92)(H,85,94)/b21-20-,40-38+/t48?,51-,52+,53?,54?,55?,56?,57?,59?,60?,61+,62-,63-,64-,65+,66+,67?,68+,69-,70?,71?,72+,73+,74-,75-,76?,77+,78-,79+,80+,81-,82-/m0/s1. The maximum absolute atomic E-state index is 13.6. The highest BCUT2D eigenvalue weighted by atomic mass is 16.8. The molecule has 12 unspecified atom stereocenters. The maximum atomic E-state index is 13.6. The van der Waals surface area contributed by atoms with Crippen molar-refractivity contribution in [3.8, 4) is 0 Å². The summed E-state index contributed by atoms with van der Waals surface area (Å²) in [7, 11) is 0. The summed E-state index contributed by atoms with van der Waals surface area (Å²) in [5.74, 6) is -2.02. The first-order chi connectivity index (χ1) is 56.3. The van der Waals surface area contributed by atoms with E-state index >= 15 is 0 Å². The van der Waals surface area contributed by atoms with Crippen LogP contribution in [0, 0.1) is 0 Å². The van der Waals surface area contributed by atoms with Gasteiger partial charge in [0.2, 0.25) is 17.7 Å². The molecule has 0 saturated carbocycles. The van der Waals surface area contributed by atoms with Gasteiger partial charge in [-0.05, 0) is 51.9 Å². The topological polar surface area (TPSA) is 542 Å². The summed E-state index contributed by atoms with van der Waals surface area (Å²) in [6.45, 7) is 2.29. The van der Waals surface area contributed by atoms with Crippen molar-refractivity contribution in [1.82, 2.24) is 16.0 Å². The molecular weight excluding hydrogens is 1540 g/mol. The summed E-state index contributed by atoms with van der Waals surface area (Å²) in [6.07, 6.45) is -11.0. The van der Waals surface area contributed by atoms with E-state index < -0.39 is 248 Å². The Balaban J connectivity index is 1.10. The molecule has 6 aliphatic heterocycles. The number of carbonyl (C=O) groups is 3. The van der Waals surface area contributed by atoms with Gasteiger partial charge < -0.3 is 160 Å². The van der Waals surface area contributed by atoms with E-state index in [2.05, 4.69) is 41.9 Å². The summed E-state index contributed by atoms with van der Waals surface area (Å²) in [5, 5.41) is 199. The lowest BCUT2D eigenvalue weighted by Gasteiger charge is -2.51. The molecule has 32 atom stereocenters. The zero-order chi connectivity index (χ0) is 85.5. The second-order valence-electron chi connectivity index (χ2n) is 32.4. The number of carbonyl (C=O) groups excluding carboxylic acids is 3. The normalized spacial score (nSPS) is 36.2. The molecule has 6 heterocycles. The number of hydrogen-bond acceptors (Lipinski definition) is 32. The molecule has 35 heteroatoms. The molecule has 0 aromatic carbocycles. The molecule has 117 heavy (non-hydrogen) atoms. The Hall–Kier alpha value is -3.27. The SMILES string of the molecule is CCCCCCCC/C=C\CCCCCCCCCCCCCC(=O)N[C@@H](CO[C@@H]1OC(CO)[C@@H](O[C@@H]2OC(CO)[C@H](O)[C@H](O[C@@H]3OC(CO)[C@@H](O[C@@H]4OC(CO)[C@H](O)[C@H](O[C@H]5OC(CO)[C@H](O)[C@H](O)C5NC(C)=O)C4O[C@H]4OC(C)[C@@H](O)C(O)[C@@H]4O)[C@H](O)C3NC(C)=O)C2O)[C@H](O)C1O)[C@H](O)/C=C/CCCCCCCCCCCCC. The highest BCUT2D eigenvalue weighted by molar-refractivity contribution is 5.76. The van der Waals surface area contributed by atoms with Crippen LogP contribution in [0.3, 0.4) is 0 Å². The molecule has 0 aromatic rings. The third-order valence-corrected chi connectivity index (χ3v) is 22.9. The number of nitrogens with one attached hydrogen (secondary N) is 3. The Morgan fingerprint density at radius 2 is 0.718 bits per heavy atom. The first kappa shape index (κ1) is 103. The molecular formula is C82H147N3O32. The van der Waals surface area contributed by atoms with Crippen molar-refractivity contribution in [2.45, 2.75) is 436 Å². The molecule has 20 N–H and O–H groups in total. The Bertz CT molecular complexity index is 2740. The summed E-state index contributed by atoms with van der Waals surface area (Å²) in [6, 6.07) is -4.64. The monoisotopic (exact) mass is 1690 g/mol. The third-order valence-electron chi connectivity index (χ3n) is 22.9. The first-order valence-electron chi connectivity index (χ1n) is 43.5. The van der Waals surface area contributed by atoms with E-state index in [1.807, 2.05) is 6.08 Å². The summed E-state index contributed by atoms with van der Waals surface area (Å²) >= 11 is 0. The molecule has 6 saturated heterocycles. The van der Waals surface area contributed by atoms with Crippen molar-refractivity contribution in [2.75, 3.05) is 39.6 Å². The van der Waals surface area contributed by atoms with E-state index in [4.69, 9.17) is 56.8 Å². The van der Waals surface area contributed by atoms with Crippen LogP contribution in [0.25, 0.3) is 0 Å². The number of aliphatic hydroxyl groups excluding tert-OH is 17. The van der Waals surface area contributed by atoms with Crippen LogP contribution in [0.15, 0.2) is 24.3 Å². The minimum atomic E-state index is -2.22. The van der Waals surface area contributed by atoms with Crippen LogP contribution in [0.1, 0.15) is 240 Å². The van der Waals surface area contributed by atoms with Crippen molar-refractivity contribution >= 4 is 17.7 Å². The number of rotatable bonds is 56. The fraction of sp³-hybridized carbons (Fsp3) is 0.915. The van der Waals surface area contributed by atoms with Crippen LogP contribution in [0.5, 0.6) is 0 Å². The van der Waals surface area contributed by atoms with E-state index in [9.17, 15) is 101 Å². The van der Waals surface area contributed by atoms with Gasteiger partial charge in [0.25, 0.3) is 0 Å². The average molecular weight is 1690 g/mol. The predicted octanol–water partition coefficient (Wildman–Crippen LogP) is 0.720. The zero-order valence-corrected chi connectivity index (χ0v) is 69.4. The molecule has 6 fully saturated rings. The van der Waals surface area contributed by atoms with E-state index in [1.54, 1.807) is 6.08 Å². The lowest BCUT2D eigenvalue weighted by atomic mass is 9.93. The van der Waals surface area contributed by atoms with Gasteiger partial charge in [-0.2, -0.15) is 0 Å². The molecule has 6 rings (SSSR count). The largest absolute Gasteiger partial charge is 0.394 e. The Labute approximate surface area is 689 Å². The van der Waals surface area contributed by atoms with E-state index in [-0.39, 0.29) is 12.3 Å². The number of ether oxygens (including phenoxy) is 12. The summed E-state index contributed by atoms with van der Waals surface area (Å²) < 4.78 is 72.4. The van der Waals surface area contributed by atoms with Gasteiger partial charge in [0.1, 0.15) is 140 Å². The van der Waals surface area contributed by atoms with Gasteiger partial charge in [-0.3, -0.25) is 14.4 Å². The minimum Gasteiger partial charge on any atom is -0.394 e. The zero-order valence-electron chi connectivity index (χ0n) is 69.4. The Kier molecular flexibility index (Phi) is 48.9. The average Bonchev–Trinajstić information content (AvgIpc) is 0.764. The second kappa shape index (κ2) is 55.9. The molecule has 3 amide bonds. The molecule has 0 radical (unpaired) electrons. The lowest BCUT2D eigenvalue weighted by Crippen LogP contribution is -2.71. The number of hydrogen-bond donors (Lipinski definition) is 20. The molecule has 0 aromatic heterocycles. The number of aliphatic hydroxyl groups is 17. The molecule has 35 nitrogen and oxygen atoms in total. The fourth-order valence-electron chi connectivity index (χ4n) is 15.8. The van der Waals surface area contributed by atoms with Crippen molar-refractivity contribution < 1.29 is 158 Å². The van der Waals surface area contributed by atoms with Crippen LogP contribution in [0.4, 0.5) is 0 Å². The van der Waals surface area contributed by atoms with Crippen molar-refractivity contribution in [1.29, 1.82) is 0 Å². The van der Waals surface area contributed by atoms with Gasteiger partial charge in [0, 0.05) is 20.3 Å². The lowest BCUT2D eigenvalue weighted by molar-refractivity contribution is -0.402. The smallest absolute Gasteiger partial charge is 0.220 e. The molecule has 682 valence electrons. The third kappa shape index (κ3) is 32.7. The minimum absolute atomic E-state index is 0.170. The van der Waals surface area contributed by atoms with Crippen LogP contribution in [-0.2, 0) is 71.2 Å². The predicted molar refractivity (Wildman–Crippen MR) is 420 cm³/mol. The van der Waals surface area contributed by atoms with Crippen LogP contribution < -0.4 is 16.0 Å². The highest BCUT2D eigenvalue weighted by Gasteiger charge is 2.59. The first-order valence-corrected chi connectivity index (χ1v) is 43.5. The quantitative estimate of drug-likeness (QED) is 0.0295. The van der Waals surface area contributed by atoms with Gasteiger partial charge >= 0.3 is 0 Å². The molecule has 0 bridgehead atoms. The van der Waals surface area contributed by atoms with Crippen molar-refractivity contribution in [3.63, 3.8) is 0 Å². The van der Waals surface area contributed by atoms with Crippen LogP contribution in [0.2, 0.25) is 0 Å². The number of allylic oxidation sites excluding steroid dienone is 3. The van der Waals surface area contributed by atoms with Crippen LogP contribution in [-0.4, -0.2) is 340 Å². The maximum Gasteiger partial charge on any atom is 0.220 e. The van der Waals surface area contributed by atoms with Gasteiger partial charge in [0.15, 0.2) is 37.7 Å². The van der Waals surface area contributed by atoms with E-state index in [0.717, 1.165) is 71.6 Å². The Morgan fingerprint density at radius 1 is 0.350 bits per heavy atom. The van der Waals surface area contributed by atoms with Crippen molar-refractivity contribution in [3.05, 3.63) is 24.3 Å². The Morgan fingerprint density at radius 3 is 1.21 bits per heavy atom. The van der Waals surface area contributed by atoms with Gasteiger partial charge in [-0.25, -0.2) is 0 Å². The summed E-state index contributed by atoms with van der Waals surface area (Å²) in [4.78, 5) is 39.2. The fourth-order valence-corrected chi connectivity index (χ4v) is 15.8. The molecule has 0 aliphatic carbocycles. The van der Waals surface area contributed by atoms with Crippen molar-refractivity contribution in [2.24, 2.45) is 0 Å². The number of amides is 3. The van der Waals surface area contributed by atoms with Crippen LogP contribution >= 0.6 is 0 Å². The second-order valence-corrected chi connectivity index (χ2v) is 32.4.